The highest BCUT2D eigenvalue weighted by Gasteiger charge is 2.54. The van der Waals surface area contributed by atoms with E-state index in [0.717, 1.165) is 0 Å². The van der Waals surface area contributed by atoms with Gasteiger partial charge < -0.3 is 10.2 Å². The molecular formula is C28H27FN4O3. The lowest BCUT2D eigenvalue weighted by Crippen LogP contribution is -2.52. The maximum Gasteiger partial charge on any atom is 0.326 e. The Hall–Kier alpha value is -4.04. The summed E-state index contributed by atoms with van der Waals surface area (Å²) in [4.78, 5) is 43.7. The topological polar surface area (TPSA) is 73.0 Å². The molecule has 0 radical (unpaired) electrons. The van der Waals surface area contributed by atoms with E-state index in [4.69, 9.17) is 0 Å². The standard InChI is InChI=1S/C28H27FN4O3/c1-20(34)21-12-13-25(24(29)18-21)32-16-14-31(15-17-32)19-33-26(35)28(30-27(33)36,22-8-4-2-5-9-22)23-10-6-3-7-11-23/h2-13,18H,14-17,19H2,1H3,(H,30,36). The number of rotatable bonds is 6. The van der Waals surface area contributed by atoms with Gasteiger partial charge in [-0.15, -0.1) is 0 Å². The zero-order valence-corrected chi connectivity index (χ0v) is 20.0. The van der Waals surface area contributed by atoms with Gasteiger partial charge in [-0.3, -0.25) is 14.5 Å². The van der Waals surface area contributed by atoms with Crippen LogP contribution in [0.1, 0.15) is 28.4 Å². The summed E-state index contributed by atoms with van der Waals surface area (Å²) < 4.78 is 14.6. The number of ketones is 1. The summed E-state index contributed by atoms with van der Waals surface area (Å²) >= 11 is 0. The Morgan fingerprint density at radius 1 is 0.889 bits per heavy atom. The first-order valence-corrected chi connectivity index (χ1v) is 11.9. The number of benzene rings is 3. The van der Waals surface area contributed by atoms with Crippen molar-refractivity contribution in [1.82, 2.24) is 15.1 Å². The molecule has 0 bridgehead atoms. The summed E-state index contributed by atoms with van der Waals surface area (Å²) in [6.45, 7) is 3.72. The number of carbonyl (C=O) groups excluding carboxylic acids is 3. The molecule has 0 unspecified atom stereocenters. The summed E-state index contributed by atoms with van der Waals surface area (Å²) in [5.41, 5.74) is 0.900. The third kappa shape index (κ3) is 4.13. The second kappa shape index (κ2) is 9.54. The van der Waals surface area contributed by atoms with Crippen molar-refractivity contribution in [2.45, 2.75) is 12.5 Å². The van der Waals surface area contributed by atoms with E-state index >= 15 is 0 Å². The molecular weight excluding hydrogens is 459 g/mol. The number of anilines is 1. The Labute approximate surface area is 209 Å². The Kier molecular flexibility index (Phi) is 6.28. The average Bonchev–Trinajstić information content (AvgIpc) is 3.16. The first kappa shape index (κ1) is 23.7. The Bertz CT molecular complexity index is 1250. The van der Waals surface area contributed by atoms with Gasteiger partial charge >= 0.3 is 6.03 Å². The van der Waals surface area contributed by atoms with E-state index in [1.807, 2.05) is 70.5 Å². The number of hydrogen-bond acceptors (Lipinski definition) is 5. The number of halogens is 1. The van der Waals surface area contributed by atoms with Crippen molar-refractivity contribution in [3.8, 4) is 0 Å². The van der Waals surface area contributed by atoms with Crippen LogP contribution >= 0.6 is 0 Å². The number of Topliss-reactive ketones (excluding diaryl/α,β-unsaturated/α-hetero) is 1. The third-order valence-electron chi connectivity index (χ3n) is 6.93. The fourth-order valence-electron chi connectivity index (χ4n) is 4.95. The summed E-state index contributed by atoms with van der Waals surface area (Å²) in [6.07, 6.45) is 0. The van der Waals surface area contributed by atoms with Crippen molar-refractivity contribution >= 4 is 23.4 Å². The van der Waals surface area contributed by atoms with Crippen LogP contribution < -0.4 is 10.2 Å². The number of nitrogens with zero attached hydrogens (tertiary/aromatic N) is 3. The van der Waals surface area contributed by atoms with Gasteiger partial charge in [0.1, 0.15) is 5.82 Å². The van der Waals surface area contributed by atoms with E-state index in [2.05, 4.69) is 5.32 Å². The molecule has 36 heavy (non-hydrogen) atoms. The van der Waals surface area contributed by atoms with Gasteiger partial charge in [-0.25, -0.2) is 14.1 Å². The van der Waals surface area contributed by atoms with Crippen LogP contribution in [0, 0.1) is 5.82 Å². The molecule has 5 rings (SSSR count). The predicted molar refractivity (Wildman–Crippen MR) is 134 cm³/mol. The minimum Gasteiger partial charge on any atom is -0.367 e. The fraction of sp³-hybridized carbons (Fsp3) is 0.250. The number of carbonyl (C=O) groups is 3. The van der Waals surface area contributed by atoms with Crippen molar-refractivity contribution in [3.63, 3.8) is 0 Å². The smallest absolute Gasteiger partial charge is 0.326 e. The minimum absolute atomic E-state index is 0.145. The highest BCUT2D eigenvalue weighted by molar-refractivity contribution is 6.09. The molecule has 184 valence electrons. The summed E-state index contributed by atoms with van der Waals surface area (Å²) in [6, 6.07) is 22.6. The van der Waals surface area contributed by atoms with E-state index in [1.165, 1.54) is 17.9 Å². The van der Waals surface area contributed by atoms with E-state index in [-0.39, 0.29) is 18.4 Å². The number of amides is 3. The molecule has 2 aliphatic heterocycles. The molecule has 3 amide bonds. The van der Waals surface area contributed by atoms with Gasteiger partial charge in [0.2, 0.25) is 0 Å². The van der Waals surface area contributed by atoms with E-state index in [0.29, 0.717) is 48.6 Å². The SMILES string of the molecule is CC(=O)c1ccc(N2CCN(CN3C(=O)NC(c4ccccc4)(c4ccccc4)C3=O)CC2)c(F)c1. The highest BCUT2D eigenvalue weighted by Crippen LogP contribution is 2.36. The Morgan fingerprint density at radius 2 is 1.47 bits per heavy atom. The van der Waals surface area contributed by atoms with Gasteiger partial charge in [-0.2, -0.15) is 0 Å². The second-order valence-corrected chi connectivity index (χ2v) is 9.11. The summed E-state index contributed by atoms with van der Waals surface area (Å²) in [5, 5.41) is 2.97. The lowest BCUT2D eigenvalue weighted by atomic mass is 9.83. The van der Waals surface area contributed by atoms with E-state index in [9.17, 15) is 18.8 Å². The summed E-state index contributed by atoms with van der Waals surface area (Å²) in [5.74, 6) is -0.931. The molecule has 2 saturated heterocycles. The molecule has 0 spiro atoms. The van der Waals surface area contributed by atoms with Crippen LogP contribution in [0.3, 0.4) is 0 Å². The largest absolute Gasteiger partial charge is 0.367 e. The molecule has 2 aliphatic rings. The second-order valence-electron chi connectivity index (χ2n) is 9.11. The van der Waals surface area contributed by atoms with Crippen molar-refractivity contribution in [1.29, 1.82) is 0 Å². The molecule has 0 aromatic heterocycles. The zero-order valence-electron chi connectivity index (χ0n) is 20.0. The van der Waals surface area contributed by atoms with Gasteiger partial charge in [0.15, 0.2) is 11.3 Å². The number of piperazine rings is 1. The van der Waals surface area contributed by atoms with E-state index in [1.54, 1.807) is 12.1 Å². The van der Waals surface area contributed by atoms with Crippen LogP contribution in [0.2, 0.25) is 0 Å². The number of imide groups is 1. The number of urea groups is 1. The maximum atomic E-state index is 14.6. The predicted octanol–water partition coefficient (Wildman–Crippen LogP) is 3.60. The van der Waals surface area contributed by atoms with Crippen LogP contribution in [-0.4, -0.2) is 60.4 Å². The highest BCUT2D eigenvalue weighted by atomic mass is 19.1. The fourth-order valence-corrected chi connectivity index (χ4v) is 4.95. The zero-order chi connectivity index (χ0) is 25.3. The number of hydrogen-bond donors (Lipinski definition) is 1. The van der Waals surface area contributed by atoms with Crippen LogP contribution in [-0.2, 0) is 10.3 Å². The van der Waals surface area contributed by atoms with Crippen molar-refractivity contribution < 1.29 is 18.8 Å². The van der Waals surface area contributed by atoms with Gasteiger partial charge in [0.25, 0.3) is 5.91 Å². The quantitative estimate of drug-likeness (QED) is 0.426. The third-order valence-corrected chi connectivity index (χ3v) is 6.93. The van der Waals surface area contributed by atoms with Gasteiger partial charge in [-0.1, -0.05) is 60.7 Å². The Balaban J connectivity index is 1.32. The van der Waals surface area contributed by atoms with Gasteiger partial charge in [0.05, 0.1) is 12.4 Å². The average molecular weight is 487 g/mol. The molecule has 1 N–H and O–H groups in total. The lowest BCUT2D eigenvalue weighted by Gasteiger charge is -2.37. The molecule has 7 nitrogen and oxygen atoms in total. The van der Waals surface area contributed by atoms with Crippen molar-refractivity contribution in [3.05, 3.63) is 101 Å². The first-order chi connectivity index (χ1) is 17.4. The van der Waals surface area contributed by atoms with Crippen LogP contribution in [0.25, 0.3) is 0 Å². The first-order valence-electron chi connectivity index (χ1n) is 11.9. The van der Waals surface area contributed by atoms with E-state index < -0.39 is 17.4 Å². The molecule has 2 fully saturated rings. The van der Waals surface area contributed by atoms with Crippen molar-refractivity contribution in [2.75, 3.05) is 37.7 Å². The summed E-state index contributed by atoms with van der Waals surface area (Å²) in [7, 11) is 0. The molecule has 0 aliphatic carbocycles. The normalized spacial score (nSPS) is 17.8. The minimum atomic E-state index is -1.29. The number of nitrogens with one attached hydrogen (secondary N) is 1. The van der Waals surface area contributed by atoms with Crippen LogP contribution in [0.15, 0.2) is 78.9 Å². The molecule has 3 aromatic rings. The molecule has 0 atom stereocenters. The van der Waals surface area contributed by atoms with Crippen LogP contribution in [0.4, 0.5) is 14.9 Å². The molecule has 3 aromatic carbocycles. The van der Waals surface area contributed by atoms with Crippen LogP contribution in [0.5, 0.6) is 0 Å². The molecule has 0 saturated carbocycles. The van der Waals surface area contributed by atoms with Crippen molar-refractivity contribution in [2.24, 2.45) is 0 Å². The molecule has 2 heterocycles. The monoisotopic (exact) mass is 486 g/mol. The Morgan fingerprint density at radius 3 is 2.00 bits per heavy atom. The lowest BCUT2D eigenvalue weighted by molar-refractivity contribution is -0.131. The maximum absolute atomic E-state index is 14.6. The van der Waals surface area contributed by atoms with Gasteiger partial charge in [-0.05, 0) is 36.2 Å². The molecule has 8 heteroatoms. The van der Waals surface area contributed by atoms with Gasteiger partial charge in [0, 0.05) is 31.7 Å².